The summed E-state index contributed by atoms with van der Waals surface area (Å²) in [7, 11) is 3.43. The van der Waals surface area contributed by atoms with Crippen LogP contribution in [0, 0.1) is 11.3 Å². The van der Waals surface area contributed by atoms with Crippen molar-refractivity contribution >= 4 is 29.1 Å². The molecular weight excluding hydrogens is 450 g/mol. The molecule has 2 atom stereocenters. The van der Waals surface area contributed by atoms with Crippen LogP contribution < -0.4 is 5.32 Å². The summed E-state index contributed by atoms with van der Waals surface area (Å²) in [5, 5.41) is 14.3. The summed E-state index contributed by atoms with van der Waals surface area (Å²) >= 11 is 6.30. The molecule has 2 amide bonds. The maximum Gasteiger partial charge on any atom is 0.256 e. The van der Waals surface area contributed by atoms with Crippen molar-refractivity contribution in [3.8, 4) is 0 Å². The van der Waals surface area contributed by atoms with Gasteiger partial charge in [-0.15, -0.1) is 0 Å². The molecule has 4 rings (SSSR count). The predicted molar refractivity (Wildman–Crippen MR) is 135 cm³/mol. The van der Waals surface area contributed by atoms with Crippen LogP contribution in [0.4, 0.5) is 5.69 Å². The second kappa shape index (κ2) is 10.4. The number of benzene rings is 2. The Bertz CT molecular complexity index is 1020. The lowest BCUT2D eigenvalue weighted by atomic mass is 9.89. The molecule has 34 heavy (non-hydrogen) atoms. The van der Waals surface area contributed by atoms with E-state index in [2.05, 4.69) is 5.32 Å². The van der Waals surface area contributed by atoms with Gasteiger partial charge in [0.25, 0.3) is 11.8 Å². The number of nitrogens with zero attached hydrogens (tertiary/aromatic N) is 2. The third-order valence-corrected chi connectivity index (χ3v) is 7.76. The van der Waals surface area contributed by atoms with E-state index in [0.717, 1.165) is 44.6 Å². The molecule has 0 unspecified atom stereocenters. The van der Waals surface area contributed by atoms with E-state index in [-0.39, 0.29) is 11.8 Å². The SMILES string of the molecule is CN(C)C(=O)c1ccc(NCCC[C@@H]2CC23CCN(C(=O)[C@H](O)c2ccccc2)CC3)cc1Cl. The van der Waals surface area contributed by atoms with Crippen LogP contribution in [0.2, 0.25) is 5.02 Å². The first kappa shape index (κ1) is 24.6. The first-order valence-corrected chi connectivity index (χ1v) is 12.5. The Kier molecular flexibility index (Phi) is 7.48. The monoisotopic (exact) mass is 483 g/mol. The molecule has 2 aromatic carbocycles. The van der Waals surface area contributed by atoms with E-state index in [1.807, 2.05) is 35.2 Å². The number of rotatable bonds is 8. The number of nitrogens with one attached hydrogen (secondary N) is 1. The minimum atomic E-state index is -1.07. The first-order chi connectivity index (χ1) is 16.3. The van der Waals surface area contributed by atoms with Crippen LogP contribution in [-0.2, 0) is 4.79 Å². The van der Waals surface area contributed by atoms with E-state index in [9.17, 15) is 14.7 Å². The highest BCUT2D eigenvalue weighted by Crippen LogP contribution is 2.61. The van der Waals surface area contributed by atoms with Crippen molar-refractivity contribution in [2.45, 2.75) is 38.2 Å². The number of amides is 2. The van der Waals surface area contributed by atoms with E-state index >= 15 is 0 Å². The molecule has 1 aliphatic heterocycles. The molecule has 0 bridgehead atoms. The minimum absolute atomic E-state index is 0.0992. The number of piperidine rings is 1. The zero-order valence-electron chi connectivity index (χ0n) is 20.0. The Morgan fingerprint density at radius 2 is 1.88 bits per heavy atom. The van der Waals surface area contributed by atoms with Crippen LogP contribution in [0.3, 0.4) is 0 Å². The number of carbonyl (C=O) groups is 2. The van der Waals surface area contributed by atoms with Gasteiger partial charge in [0.15, 0.2) is 6.10 Å². The maximum atomic E-state index is 12.7. The highest BCUT2D eigenvalue weighted by molar-refractivity contribution is 6.34. The third-order valence-electron chi connectivity index (χ3n) is 7.44. The molecule has 0 aromatic heterocycles. The molecule has 1 spiro atoms. The van der Waals surface area contributed by atoms with Crippen molar-refractivity contribution in [1.29, 1.82) is 0 Å². The van der Waals surface area contributed by atoms with Gasteiger partial charge in [0.1, 0.15) is 0 Å². The number of aliphatic hydroxyl groups is 1. The maximum absolute atomic E-state index is 12.7. The number of anilines is 1. The Labute approximate surface area is 206 Å². The highest BCUT2D eigenvalue weighted by Gasteiger charge is 2.54. The lowest BCUT2D eigenvalue weighted by molar-refractivity contribution is -0.142. The molecule has 1 saturated heterocycles. The molecule has 2 aromatic rings. The lowest BCUT2D eigenvalue weighted by Crippen LogP contribution is -2.42. The van der Waals surface area contributed by atoms with Crippen LogP contribution >= 0.6 is 11.6 Å². The molecule has 182 valence electrons. The number of likely N-dealkylation sites (tertiary alicyclic amines) is 1. The molecule has 2 fully saturated rings. The first-order valence-electron chi connectivity index (χ1n) is 12.1. The Morgan fingerprint density at radius 1 is 1.18 bits per heavy atom. The van der Waals surface area contributed by atoms with Gasteiger partial charge in [-0.05, 0) is 67.2 Å². The topological polar surface area (TPSA) is 72.9 Å². The fourth-order valence-corrected chi connectivity index (χ4v) is 5.46. The summed E-state index contributed by atoms with van der Waals surface area (Å²) in [5.74, 6) is 0.437. The summed E-state index contributed by atoms with van der Waals surface area (Å²) in [6.07, 6.45) is 4.45. The normalized spacial score (nSPS) is 19.5. The van der Waals surface area contributed by atoms with Gasteiger partial charge in [-0.2, -0.15) is 0 Å². The van der Waals surface area contributed by atoms with Crippen molar-refractivity contribution in [3.63, 3.8) is 0 Å². The van der Waals surface area contributed by atoms with E-state index < -0.39 is 6.10 Å². The van der Waals surface area contributed by atoms with Gasteiger partial charge in [0, 0.05) is 39.4 Å². The van der Waals surface area contributed by atoms with Crippen LogP contribution in [0.5, 0.6) is 0 Å². The quantitative estimate of drug-likeness (QED) is 0.538. The van der Waals surface area contributed by atoms with E-state index in [1.54, 1.807) is 32.3 Å². The minimum Gasteiger partial charge on any atom is -0.385 e. The van der Waals surface area contributed by atoms with Crippen molar-refractivity contribution in [2.75, 3.05) is 39.0 Å². The number of hydrogen-bond acceptors (Lipinski definition) is 4. The molecule has 2 N–H and O–H groups in total. The lowest BCUT2D eigenvalue weighted by Gasteiger charge is -2.34. The molecule has 0 radical (unpaired) electrons. The van der Waals surface area contributed by atoms with Gasteiger partial charge < -0.3 is 20.2 Å². The van der Waals surface area contributed by atoms with Crippen LogP contribution in [0.1, 0.15) is 54.1 Å². The summed E-state index contributed by atoms with van der Waals surface area (Å²) in [6, 6.07) is 14.6. The van der Waals surface area contributed by atoms with Gasteiger partial charge in [-0.3, -0.25) is 9.59 Å². The third kappa shape index (κ3) is 5.39. The zero-order chi connectivity index (χ0) is 24.3. The van der Waals surface area contributed by atoms with E-state index in [1.165, 1.54) is 17.7 Å². The van der Waals surface area contributed by atoms with Crippen LogP contribution in [0.15, 0.2) is 48.5 Å². The highest BCUT2D eigenvalue weighted by atomic mass is 35.5. The predicted octanol–water partition coefficient (Wildman–Crippen LogP) is 4.60. The summed E-state index contributed by atoms with van der Waals surface area (Å²) in [4.78, 5) is 28.2. The Morgan fingerprint density at radius 3 is 2.53 bits per heavy atom. The van der Waals surface area contributed by atoms with Crippen molar-refractivity contribution in [2.24, 2.45) is 11.3 Å². The van der Waals surface area contributed by atoms with Crippen molar-refractivity contribution in [3.05, 3.63) is 64.7 Å². The average Bonchev–Trinajstić information content (AvgIpc) is 3.52. The second-order valence-corrected chi connectivity index (χ2v) is 10.3. The van der Waals surface area contributed by atoms with Crippen molar-refractivity contribution in [1.82, 2.24) is 9.80 Å². The number of halogens is 1. The number of carbonyl (C=O) groups excluding carboxylic acids is 2. The van der Waals surface area contributed by atoms with Gasteiger partial charge in [-0.25, -0.2) is 0 Å². The molecule has 1 saturated carbocycles. The molecule has 1 aliphatic carbocycles. The molecule has 1 heterocycles. The van der Waals surface area contributed by atoms with Crippen LogP contribution in [-0.4, -0.2) is 60.5 Å². The molecular formula is C27H34ClN3O3. The Hall–Kier alpha value is -2.57. The Balaban J connectivity index is 1.18. The van der Waals surface area contributed by atoms with E-state index in [4.69, 9.17) is 11.6 Å². The molecule has 2 aliphatic rings. The average molecular weight is 484 g/mol. The van der Waals surface area contributed by atoms with Gasteiger partial charge >= 0.3 is 0 Å². The summed E-state index contributed by atoms with van der Waals surface area (Å²) < 4.78 is 0. The fourth-order valence-electron chi connectivity index (χ4n) is 5.20. The molecule has 6 nitrogen and oxygen atoms in total. The van der Waals surface area contributed by atoms with E-state index in [0.29, 0.717) is 27.5 Å². The zero-order valence-corrected chi connectivity index (χ0v) is 20.7. The summed E-state index contributed by atoms with van der Waals surface area (Å²) in [6.45, 7) is 2.32. The largest absolute Gasteiger partial charge is 0.385 e. The second-order valence-electron chi connectivity index (χ2n) is 9.87. The number of hydrogen-bond donors (Lipinski definition) is 2. The smallest absolute Gasteiger partial charge is 0.256 e. The van der Waals surface area contributed by atoms with Crippen LogP contribution in [0.25, 0.3) is 0 Å². The van der Waals surface area contributed by atoms with Gasteiger partial charge in [-0.1, -0.05) is 41.9 Å². The number of aliphatic hydroxyl groups excluding tert-OH is 1. The van der Waals surface area contributed by atoms with Crippen molar-refractivity contribution < 1.29 is 14.7 Å². The van der Waals surface area contributed by atoms with Gasteiger partial charge in [0.2, 0.25) is 0 Å². The molecule has 7 heteroatoms. The van der Waals surface area contributed by atoms with Gasteiger partial charge in [0.05, 0.1) is 10.6 Å². The standard InChI is InChI=1S/C27H34ClN3O3/c1-30(2)25(33)22-11-10-21(17-23(22)28)29-14-6-9-20-18-27(20)12-15-31(16-13-27)26(34)24(32)19-7-4-3-5-8-19/h3-5,7-8,10-11,17,20,24,29,32H,6,9,12-16,18H2,1-2H3/t20-,24-/m1/s1. The summed E-state index contributed by atoms with van der Waals surface area (Å²) in [5.41, 5.74) is 2.48. The fraction of sp³-hybridized carbons (Fsp3) is 0.481.